The molecule has 5 rings (SSSR count). The smallest absolute Gasteiger partial charge is 0.251 e. The van der Waals surface area contributed by atoms with E-state index in [-0.39, 0.29) is 17.2 Å². The van der Waals surface area contributed by atoms with Crippen molar-refractivity contribution in [2.45, 2.75) is 6.54 Å². The summed E-state index contributed by atoms with van der Waals surface area (Å²) in [5.41, 5.74) is 14.1. The first-order valence-electron chi connectivity index (χ1n) is 11.0. The fourth-order valence-corrected chi connectivity index (χ4v) is 4.10. The summed E-state index contributed by atoms with van der Waals surface area (Å²) in [5, 5.41) is 18.2. The maximum atomic E-state index is 12.9. The molecular formula is C28H23N5O2. The van der Waals surface area contributed by atoms with E-state index < -0.39 is 0 Å². The normalized spacial score (nSPS) is 11.0. The molecule has 0 saturated heterocycles. The highest BCUT2D eigenvalue weighted by molar-refractivity contribution is 5.99. The fraction of sp³-hybridized carbons (Fsp3) is 0.0357. The molecule has 1 heterocycles. The Kier molecular flexibility index (Phi) is 5.51. The molecular weight excluding hydrogens is 438 g/mol. The molecule has 0 radical (unpaired) electrons. The number of hydrogen-bond donors (Lipinski definition) is 4. The number of nitrogens with zero attached hydrogens (tertiary/aromatic N) is 1. The fourth-order valence-electron chi connectivity index (χ4n) is 4.10. The lowest BCUT2D eigenvalue weighted by Gasteiger charge is -2.13. The van der Waals surface area contributed by atoms with E-state index in [1.165, 1.54) is 0 Å². The lowest BCUT2D eigenvalue weighted by Crippen LogP contribution is -2.20. The number of hydrogen-bond acceptors (Lipinski definition) is 4. The second-order valence-corrected chi connectivity index (χ2v) is 8.33. The standard InChI is InChI=1S/C28H23N5O2/c29-27(30)20-2-1-3-23(14-20)35-24-10-8-19-9-11-26(34)33(25(19)15-24)16-17-4-5-18-6-7-21(28(31)32)13-22(18)12-17/h1-15H,16H2,(H3,29,30)(H3,31,32). The molecule has 0 aliphatic rings. The first-order chi connectivity index (χ1) is 16.9. The van der Waals surface area contributed by atoms with E-state index in [4.69, 9.17) is 27.0 Å². The molecule has 5 aromatic rings. The van der Waals surface area contributed by atoms with Gasteiger partial charge in [0.2, 0.25) is 0 Å². The summed E-state index contributed by atoms with van der Waals surface area (Å²) < 4.78 is 7.73. The molecule has 0 spiro atoms. The van der Waals surface area contributed by atoms with Crippen LogP contribution in [0.4, 0.5) is 0 Å². The maximum Gasteiger partial charge on any atom is 0.251 e. The van der Waals surface area contributed by atoms with Gasteiger partial charge in [0, 0.05) is 23.3 Å². The van der Waals surface area contributed by atoms with Crippen molar-refractivity contribution < 1.29 is 4.74 Å². The lowest BCUT2D eigenvalue weighted by atomic mass is 10.0. The van der Waals surface area contributed by atoms with E-state index in [2.05, 4.69) is 0 Å². The molecule has 0 atom stereocenters. The van der Waals surface area contributed by atoms with Crippen LogP contribution in [0, 0.1) is 10.8 Å². The highest BCUT2D eigenvalue weighted by atomic mass is 16.5. The highest BCUT2D eigenvalue weighted by Gasteiger charge is 2.09. The Labute approximate surface area is 201 Å². The Morgan fingerprint density at radius 1 is 0.714 bits per heavy atom. The molecule has 7 nitrogen and oxygen atoms in total. The van der Waals surface area contributed by atoms with Gasteiger partial charge < -0.3 is 20.8 Å². The van der Waals surface area contributed by atoms with Crippen molar-refractivity contribution in [3.8, 4) is 11.5 Å². The number of nitrogen functional groups attached to an aromatic ring is 2. The monoisotopic (exact) mass is 461 g/mol. The van der Waals surface area contributed by atoms with Gasteiger partial charge in [-0.25, -0.2) is 0 Å². The lowest BCUT2D eigenvalue weighted by molar-refractivity contribution is 0.483. The zero-order valence-electron chi connectivity index (χ0n) is 18.8. The maximum absolute atomic E-state index is 12.9. The number of ether oxygens (including phenoxy) is 1. The molecule has 0 fully saturated rings. The Morgan fingerprint density at radius 3 is 2.20 bits per heavy atom. The van der Waals surface area contributed by atoms with Crippen LogP contribution in [0.15, 0.2) is 95.8 Å². The Bertz CT molecular complexity index is 1690. The van der Waals surface area contributed by atoms with E-state index in [0.717, 1.165) is 27.2 Å². The van der Waals surface area contributed by atoms with Crippen molar-refractivity contribution in [3.63, 3.8) is 0 Å². The number of pyridine rings is 1. The largest absolute Gasteiger partial charge is 0.457 e. The van der Waals surface area contributed by atoms with Crippen LogP contribution in [0.25, 0.3) is 21.7 Å². The summed E-state index contributed by atoms with van der Waals surface area (Å²) >= 11 is 0. The van der Waals surface area contributed by atoms with Crippen LogP contribution in [0.1, 0.15) is 16.7 Å². The second-order valence-electron chi connectivity index (χ2n) is 8.33. The average molecular weight is 462 g/mol. The van der Waals surface area contributed by atoms with Gasteiger partial charge >= 0.3 is 0 Å². The van der Waals surface area contributed by atoms with E-state index in [1.54, 1.807) is 41.0 Å². The Hall–Kier alpha value is -4.91. The molecule has 0 aliphatic heterocycles. The molecule has 1 aromatic heterocycles. The van der Waals surface area contributed by atoms with Gasteiger partial charge in [-0.15, -0.1) is 0 Å². The van der Waals surface area contributed by atoms with Gasteiger partial charge in [-0.1, -0.05) is 36.4 Å². The summed E-state index contributed by atoms with van der Waals surface area (Å²) in [6, 6.07) is 27.6. The number of amidine groups is 2. The van der Waals surface area contributed by atoms with Gasteiger partial charge in [-0.05, 0) is 64.2 Å². The van der Waals surface area contributed by atoms with Crippen molar-refractivity contribution in [2.75, 3.05) is 0 Å². The van der Waals surface area contributed by atoms with Gasteiger partial charge in [0.05, 0.1) is 12.1 Å². The summed E-state index contributed by atoms with van der Waals surface area (Å²) in [5.74, 6) is 1.11. The van der Waals surface area contributed by atoms with Crippen LogP contribution in [0.2, 0.25) is 0 Å². The number of fused-ring (bicyclic) bond motifs is 2. The summed E-state index contributed by atoms with van der Waals surface area (Å²) in [4.78, 5) is 12.9. The van der Waals surface area contributed by atoms with Gasteiger partial charge in [0.25, 0.3) is 5.56 Å². The third-order valence-corrected chi connectivity index (χ3v) is 5.90. The molecule has 4 aromatic carbocycles. The van der Waals surface area contributed by atoms with Gasteiger partial charge in [-0.3, -0.25) is 15.6 Å². The molecule has 0 amide bonds. The number of rotatable bonds is 6. The Balaban J connectivity index is 1.53. The van der Waals surface area contributed by atoms with Crippen molar-refractivity contribution in [1.29, 1.82) is 10.8 Å². The zero-order chi connectivity index (χ0) is 24.5. The van der Waals surface area contributed by atoms with Crippen LogP contribution < -0.4 is 21.8 Å². The second kappa shape index (κ2) is 8.79. The minimum atomic E-state index is -0.120. The number of aromatic nitrogens is 1. The molecule has 172 valence electrons. The predicted octanol–water partition coefficient (Wildman–Crippen LogP) is 4.56. The minimum absolute atomic E-state index is 0.0175. The first kappa shape index (κ1) is 21.9. The van der Waals surface area contributed by atoms with Gasteiger partial charge in [-0.2, -0.15) is 0 Å². The summed E-state index contributed by atoms with van der Waals surface area (Å²) in [7, 11) is 0. The first-order valence-corrected chi connectivity index (χ1v) is 11.0. The van der Waals surface area contributed by atoms with Crippen LogP contribution in [-0.2, 0) is 6.54 Å². The molecule has 0 saturated carbocycles. The van der Waals surface area contributed by atoms with Crippen LogP contribution in [-0.4, -0.2) is 16.2 Å². The van der Waals surface area contributed by atoms with Gasteiger partial charge in [0.1, 0.15) is 23.2 Å². The van der Waals surface area contributed by atoms with Crippen molar-refractivity contribution >= 4 is 33.3 Å². The quantitative estimate of drug-likeness (QED) is 0.218. The van der Waals surface area contributed by atoms with E-state index >= 15 is 0 Å². The topological polar surface area (TPSA) is 131 Å². The van der Waals surface area contributed by atoms with E-state index in [1.807, 2.05) is 54.6 Å². The van der Waals surface area contributed by atoms with Crippen LogP contribution in [0.5, 0.6) is 11.5 Å². The van der Waals surface area contributed by atoms with Crippen molar-refractivity contribution in [1.82, 2.24) is 4.57 Å². The minimum Gasteiger partial charge on any atom is -0.457 e. The van der Waals surface area contributed by atoms with Crippen LogP contribution in [0.3, 0.4) is 0 Å². The van der Waals surface area contributed by atoms with Crippen LogP contribution >= 0.6 is 0 Å². The molecule has 7 heteroatoms. The Morgan fingerprint density at radius 2 is 1.40 bits per heavy atom. The zero-order valence-corrected chi connectivity index (χ0v) is 18.8. The average Bonchev–Trinajstić information content (AvgIpc) is 2.85. The van der Waals surface area contributed by atoms with Crippen molar-refractivity contribution in [2.24, 2.45) is 11.5 Å². The van der Waals surface area contributed by atoms with Gasteiger partial charge in [0.15, 0.2) is 0 Å². The highest BCUT2D eigenvalue weighted by Crippen LogP contribution is 2.26. The number of nitrogens with two attached hydrogens (primary N) is 2. The number of benzene rings is 4. The predicted molar refractivity (Wildman–Crippen MR) is 140 cm³/mol. The number of nitrogens with one attached hydrogen (secondary N) is 2. The third-order valence-electron chi connectivity index (χ3n) is 5.90. The SMILES string of the molecule is N=C(N)c1cccc(Oc2ccc3ccc(=O)n(Cc4ccc5ccc(C(=N)N)cc5c4)c3c2)c1. The molecule has 0 bridgehead atoms. The van der Waals surface area contributed by atoms with Crippen molar-refractivity contribution in [3.05, 3.63) is 118 Å². The summed E-state index contributed by atoms with van der Waals surface area (Å²) in [6.07, 6.45) is 0. The van der Waals surface area contributed by atoms with E-state index in [0.29, 0.717) is 29.2 Å². The molecule has 0 unspecified atom stereocenters. The third kappa shape index (κ3) is 4.47. The molecule has 6 N–H and O–H groups in total. The van der Waals surface area contributed by atoms with E-state index in [9.17, 15) is 4.79 Å². The molecule has 0 aliphatic carbocycles. The summed E-state index contributed by atoms with van der Waals surface area (Å²) in [6.45, 7) is 0.375. The molecule has 35 heavy (non-hydrogen) atoms.